The Morgan fingerprint density at radius 3 is 2.50 bits per heavy atom. The monoisotopic (exact) mass is 198 g/mol. The molecule has 0 spiro atoms. The molecule has 2 heteroatoms. The SMILES string of the molecule is CCC1CCN(C(C)(CN)C(C)C)C1. The molecule has 0 aromatic rings. The number of nitrogens with two attached hydrogens (primary N) is 1. The molecule has 0 aromatic heterocycles. The van der Waals surface area contributed by atoms with Crippen molar-refractivity contribution in [1.82, 2.24) is 4.90 Å². The number of rotatable bonds is 4. The van der Waals surface area contributed by atoms with Crippen molar-refractivity contribution in [2.75, 3.05) is 19.6 Å². The van der Waals surface area contributed by atoms with Crippen LogP contribution < -0.4 is 5.73 Å². The molecule has 1 aliphatic heterocycles. The molecule has 0 amide bonds. The topological polar surface area (TPSA) is 29.3 Å². The molecule has 1 saturated heterocycles. The fraction of sp³-hybridized carbons (Fsp3) is 1.00. The molecule has 1 fully saturated rings. The van der Waals surface area contributed by atoms with E-state index in [4.69, 9.17) is 5.73 Å². The van der Waals surface area contributed by atoms with Gasteiger partial charge < -0.3 is 5.73 Å². The zero-order valence-corrected chi connectivity index (χ0v) is 10.2. The molecule has 0 radical (unpaired) electrons. The first-order chi connectivity index (χ1) is 6.54. The Kier molecular flexibility index (Phi) is 3.96. The van der Waals surface area contributed by atoms with Gasteiger partial charge in [0, 0.05) is 18.6 Å². The van der Waals surface area contributed by atoms with E-state index in [9.17, 15) is 0 Å². The van der Waals surface area contributed by atoms with Gasteiger partial charge in [0.25, 0.3) is 0 Å². The zero-order chi connectivity index (χ0) is 10.8. The molecule has 14 heavy (non-hydrogen) atoms. The minimum atomic E-state index is 0.212. The summed E-state index contributed by atoms with van der Waals surface area (Å²) in [5.41, 5.74) is 6.15. The summed E-state index contributed by atoms with van der Waals surface area (Å²) in [6.07, 6.45) is 2.67. The van der Waals surface area contributed by atoms with Gasteiger partial charge in [0.05, 0.1) is 0 Å². The predicted octanol–water partition coefficient (Wildman–Crippen LogP) is 2.09. The normalized spacial score (nSPS) is 28.3. The van der Waals surface area contributed by atoms with Crippen LogP contribution in [0.15, 0.2) is 0 Å². The van der Waals surface area contributed by atoms with E-state index in [1.165, 1.54) is 25.9 Å². The van der Waals surface area contributed by atoms with Crippen molar-refractivity contribution in [2.45, 2.75) is 46.1 Å². The van der Waals surface area contributed by atoms with Gasteiger partial charge >= 0.3 is 0 Å². The summed E-state index contributed by atoms with van der Waals surface area (Å²) < 4.78 is 0. The van der Waals surface area contributed by atoms with Crippen LogP contribution in [0.25, 0.3) is 0 Å². The maximum atomic E-state index is 5.93. The molecule has 2 unspecified atom stereocenters. The summed E-state index contributed by atoms with van der Waals surface area (Å²) in [6, 6.07) is 0. The summed E-state index contributed by atoms with van der Waals surface area (Å²) in [7, 11) is 0. The molecule has 1 rings (SSSR count). The van der Waals surface area contributed by atoms with Crippen molar-refractivity contribution in [3.63, 3.8) is 0 Å². The van der Waals surface area contributed by atoms with Gasteiger partial charge in [-0.05, 0) is 31.7 Å². The zero-order valence-electron chi connectivity index (χ0n) is 10.2. The van der Waals surface area contributed by atoms with Crippen molar-refractivity contribution in [2.24, 2.45) is 17.6 Å². The average Bonchev–Trinajstić information content (AvgIpc) is 2.64. The number of likely N-dealkylation sites (tertiary alicyclic amines) is 1. The molecule has 0 bridgehead atoms. The Labute approximate surface area is 88.8 Å². The number of hydrogen-bond acceptors (Lipinski definition) is 2. The third-order valence-corrected chi connectivity index (χ3v) is 4.24. The molecule has 84 valence electrons. The highest BCUT2D eigenvalue weighted by Gasteiger charge is 2.37. The van der Waals surface area contributed by atoms with Crippen molar-refractivity contribution < 1.29 is 0 Å². The van der Waals surface area contributed by atoms with E-state index in [1.807, 2.05) is 0 Å². The lowest BCUT2D eigenvalue weighted by Crippen LogP contribution is -2.54. The van der Waals surface area contributed by atoms with Crippen LogP contribution in [0, 0.1) is 11.8 Å². The van der Waals surface area contributed by atoms with Gasteiger partial charge in [0.15, 0.2) is 0 Å². The summed E-state index contributed by atoms with van der Waals surface area (Å²) in [4.78, 5) is 2.60. The van der Waals surface area contributed by atoms with E-state index < -0.39 is 0 Å². The third kappa shape index (κ3) is 2.12. The highest BCUT2D eigenvalue weighted by molar-refractivity contribution is 4.93. The highest BCUT2D eigenvalue weighted by Crippen LogP contribution is 2.30. The number of hydrogen-bond donors (Lipinski definition) is 1. The van der Waals surface area contributed by atoms with Gasteiger partial charge in [-0.2, -0.15) is 0 Å². The fourth-order valence-electron chi connectivity index (χ4n) is 2.36. The third-order valence-electron chi connectivity index (χ3n) is 4.24. The minimum absolute atomic E-state index is 0.212. The van der Waals surface area contributed by atoms with Gasteiger partial charge in [-0.1, -0.05) is 27.2 Å². The van der Waals surface area contributed by atoms with Gasteiger partial charge in [-0.25, -0.2) is 0 Å². The lowest BCUT2D eigenvalue weighted by molar-refractivity contribution is 0.0887. The van der Waals surface area contributed by atoms with E-state index in [2.05, 4.69) is 32.6 Å². The van der Waals surface area contributed by atoms with Crippen LogP contribution >= 0.6 is 0 Å². The molecule has 0 aromatic carbocycles. The van der Waals surface area contributed by atoms with E-state index in [-0.39, 0.29) is 5.54 Å². The first-order valence-electron chi connectivity index (χ1n) is 5.99. The predicted molar refractivity (Wildman–Crippen MR) is 62.3 cm³/mol. The summed E-state index contributed by atoms with van der Waals surface area (Å²) in [5.74, 6) is 1.54. The maximum absolute atomic E-state index is 5.93. The molecule has 2 nitrogen and oxygen atoms in total. The first kappa shape index (κ1) is 12.0. The Hall–Kier alpha value is -0.0800. The molecule has 1 heterocycles. The summed E-state index contributed by atoms with van der Waals surface area (Å²) >= 11 is 0. The van der Waals surface area contributed by atoms with Crippen molar-refractivity contribution >= 4 is 0 Å². The Balaban J connectivity index is 2.63. The Morgan fingerprint density at radius 1 is 1.50 bits per heavy atom. The largest absolute Gasteiger partial charge is 0.329 e. The Bertz CT molecular complexity index is 179. The van der Waals surface area contributed by atoms with Crippen LogP contribution in [0.2, 0.25) is 0 Å². The molecule has 1 aliphatic rings. The molecular weight excluding hydrogens is 172 g/mol. The number of nitrogens with zero attached hydrogens (tertiary/aromatic N) is 1. The van der Waals surface area contributed by atoms with Crippen molar-refractivity contribution in [3.05, 3.63) is 0 Å². The summed E-state index contributed by atoms with van der Waals surface area (Å²) in [5, 5.41) is 0. The van der Waals surface area contributed by atoms with E-state index in [1.54, 1.807) is 0 Å². The van der Waals surface area contributed by atoms with Crippen LogP contribution in [-0.2, 0) is 0 Å². The maximum Gasteiger partial charge on any atom is 0.0326 e. The lowest BCUT2D eigenvalue weighted by Gasteiger charge is -2.41. The minimum Gasteiger partial charge on any atom is -0.329 e. The fourth-order valence-corrected chi connectivity index (χ4v) is 2.36. The standard InChI is InChI=1S/C12H26N2/c1-5-11-6-7-14(8-11)12(4,9-13)10(2)3/h10-11H,5-9,13H2,1-4H3. The highest BCUT2D eigenvalue weighted by atomic mass is 15.2. The van der Waals surface area contributed by atoms with Crippen LogP contribution in [0.4, 0.5) is 0 Å². The van der Waals surface area contributed by atoms with Crippen LogP contribution in [-0.4, -0.2) is 30.1 Å². The first-order valence-corrected chi connectivity index (χ1v) is 5.99. The van der Waals surface area contributed by atoms with Crippen LogP contribution in [0.1, 0.15) is 40.5 Å². The van der Waals surface area contributed by atoms with E-state index in [0.717, 1.165) is 12.5 Å². The van der Waals surface area contributed by atoms with Gasteiger partial charge in [0.2, 0.25) is 0 Å². The second kappa shape index (κ2) is 4.63. The molecular formula is C12H26N2. The van der Waals surface area contributed by atoms with Crippen LogP contribution in [0.3, 0.4) is 0 Å². The average molecular weight is 198 g/mol. The van der Waals surface area contributed by atoms with E-state index in [0.29, 0.717) is 5.92 Å². The smallest absolute Gasteiger partial charge is 0.0326 e. The van der Waals surface area contributed by atoms with Gasteiger partial charge in [-0.3, -0.25) is 4.90 Å². The lowest BCUT2D eigenvalue weighted by atomic mass is 9.87. The Morgan fingerprint density at radius 2 is 2.14 bits per heavy atom. The molecule has 0 aliphatic carbocycles. The molecule has 2 N–H and O–H groups in total. The quantitative estimate of drug-likeness (QED) is 0.749. The second-order valence-corrected chi connectivity index (χ2v) is 5.22. The van der Waals surface area contributed by atoms with Crippen molar-refractivity contribution in [1.29, 1.82) is 0 Å². The van der Waals surface area contributed by atoms with E-state index >= 15 is 0 Å². The summed E-state index contributed by atoms with van der Waals surface area (Å²) in [6.45, 7) is 12.4. The van der Waals surface area contributed by atoms with Crippen molar-refractivity contribution in [3.8, 4) is 0 Å². The molecule has 2 atom stereocenters. The van der Waals surface area contributed by atoms with Gasteiger partial charge in [0.1, 0.15) is 0 Å². The van der Waals surface area contributed by atoms with Gasteiger partial charge in [-0.15, -0.1) is 0 Å². The van der Waals surface area contributed by atoms with Crippen LogP contribution in [0.5, 0.6) is 0 Å². The molecule has 0 saturated carbocycles. The second-order valence-electron chi connectivity index (χ2n) is 5.22.